The summed E-state index contributed by atoms with van der Waals surface area (Å²) in [6.45, 7) is 0.357. The van der Waals surface area contributed by atoms with Gasteiger partial charge in [0.2, 0.25) is 11.8 Å². The highest BCUT2D eigenvalue weighted by Crippen LogP contribution is 2.27. The molecule has 0 saturated heterocycles. The van der Waals surface area contributed by atoms with Crippen LogP contribution in [0.1, 0.15) is 16.2 Å². The van der Waals surface area contributed by atoms with E-state index < -0.39 is 0 Å². The van der Waals surface area contributed by atoms with Crippen molar-refractivity contribution in [2.24, 2.45) is 0 Å². The molecule has 1 N–H and O–H groups in total. The van der Waals surface area contributed by atoms with Crippen molar-refractivity contribution < 1.29 is 18.7 Å². The summed E-state index contributed by atoms with van der Waals surface area (Å²) >= 11 is 5.87. The Morgan fingerprint density at radius 1 is 1.07 bits per heavy atom. The maximum absolute atomic E-state index is 12.3. The summed E-state index contributed by atoms with van der Waals surface area (Å²) in [4.78, 5) is 12.3. The lowest BCUT2D eigenvalue weighted by Gasteiger charge is -2.09. The number of hydrogen-bond donors (Lipinski definition) is 1. The number of benzene rings is 2. The quantitative estimate of drug-likeness (QED) is 0.668. The van der Waals surface area contributed by atoms with Gasteiger partial charge in [0.1, 0.15) is 0 Å². The topological polar surface area (TPSA) is 86.5 Å². The molecule has 0 aliphatic rings. The molecule has 0 spiro atoms. The first-order chi connectivity index (χ1) is 13.1. The molecule has 0 bridgehead atoms. The number of ether oxygens (including phenoxy) is 2. The minimum absolute atomic E-state index is 0.228. The summed E-state index contributed by atoms with van der Waals surface area (Å²) in [6.07, 6.45) is 0.416. The average molecular weight is 388 g/mol. The van der Waals surface area contributed by atoms with Gasteiger partial charge in [0, 0.05) is 29.1 Å². The van der Waals surface area contributed by atoms with E-state index in [-0.39, 0.29) is 5.91 Å². The van der Waals surface area contributed by atoms with E-state index in [1.165, 1.54) is 7.11 Å². The molecule has 0 aliphatic heterocycles. The number of rotatable bonds is 7. The Kier molecular flexibility index (Phi) is 5.93. The van der Waals surface area contributed by atoms with E-state index in [2.05, 4.69) is 15.5 Å². The van der Waals surface area contributed by atoms with Crippen molar-refractivity contribution in [1.29, 1.82) is 0 Å². The Balaban J connectivity index is 1.57. The van der Waals surface area contributed by atoms with Gasteiger partial charge in [-0.15, -0.1) is 10.2 Å². The van der Waals surface area contributed by atoms with Crippen molar-refractivity contribution >= 4 is 17.5 Å². The van der Waals surface area contributed by atoms with Gasteiger partial charge in [0.05, 0.1) is 14.2 Å². The van der Waals surface area contributed by atoms with Gasteiger partial charge in [0.15, 0.2) is 11.5 Å². The van der Waals surface area contributed by atoms with Crippen LogP contribution in [-0.2, 0) is 6.42 Å². The normalized spacial score (nSPS) is 10.5. The molecule has 27 heavy (non-hydrogen) atoms. The SMILES string of the molecule is COc1ccc(C(=O)NCCc2nnc(-c3ccc(Cl)cc3)o2)cc1OC. The van der Waals surface area contributed by atoms with Gasteiger partial charge in [-0.1, -0.05) is 11.6 Å². The lowest BCUT2D eigenvalue weighted by Crippen LogP contribution is -2.25. The molecule has 1 heterocycles. The first kappa shape index (κ1) is 18.7. The summed E-state index contributed by atoms with van der Waals surface area (Å²) in [6, 6.07) is 12.1. The Labute approximate surface area is 161 Å². The standard InChI is InChI=1S/C19H18ClN3O4/c1-25-15-8-5-13(11-16(15)26-2)18(24)21-10-9-17-22-23-19(27-17)12-3-6-14(20)7-4-12/h3-8,11H,9-10H2,1-2H3,(H,21,24). The first-order valence-corrected chi connectivity index (χ1v) is 8.57. The molecule has 2 aromatic carbocycles. The number of aromatic nitrogens is 2. The van der Waals surface area contributed by atoms with Crippen LogP contribution in [0.2, 0.25) is 5.02 Å². The lowest BCUT2D eigenvalue weighted by atomic mass is 10.2. The van der Waals surface area contributed by atoms with E-state index in [0.717, 1.165) is 5.56 Å². The predicted molar refractivity (Wildman–Crippen MR) is 100 cm³/mol. The fraction of sp³-hybridized carbons (Fsp3) is 0.211. The Morgan fingerprint density at radius 3 is 2.52 bits per heavy atom. The van der Waals surface area contributed by atoms with Crippen LogP contribution in [0.15, 0.2) is 46.9 Å². The molecule has 3 rings (SSSR count). The number of methoxy groups -OCH3 is 2. The third-order valence-electron chi connectivity index (χ3n) is 3.83. The van der Waals surface area contributed by atoms with Crippen LogP contribution in [0.5, 0.6) is 11.5 Å². The Hall–Kier alpha value is -3.06. The maximum Gasteiger partial charge on any atom is 0.251 e. The summed E-state index contributed by atoms with van der Waals surface area (Å²) in [5.74, 6) is 1.68. The fourth-order valence-electron chi connectivity index (χ4n) is 2.43. The molecular formula is C19H18ClN3O4. The van der Waals surface area contributed by atoms with Crippen LogP contribution >= 0.6 is 11.6 Å². The van der Waals surface area contributed by atoms with E-state index in [1.807, 2.05) is 0 Å². The van der Waals surface area contributed by atoms with Crippen LogP contribution in [0, 0.1) is 0 Å². The number of nitrogens with zero attached hydrogens (tertiary/aromatic N) is 2. The molecule has 1 amide bonds. The van der Waals surface area contributed by atoms with Crippen molar-refractivity contribution in [2.75, 3.05) is 20.8 Å². The van der Waals surface area contributed by atoms with Gasteiger partial charge in [-0.05, 0) is 42.5 Å². The van der Waals surface area contributed by atoms with Crippen LogP contribution in [0.4, 0.5) is 0 Å². The van der Waals surface area contributed by atoms with Crippen molar-refractivity contribution in [3.8, 4) is 23.0 Å². The van der Waals surface area contributed by atoms with Gasteiger partial charge >= 0.3 is 0 Å². The molecule has 8 heteroatoms. The minimum Gasteiger partial charge on any atom is -0.493 e. The fourth-order valence-corrected chi connectivity index (χ4v) is 2.55. The minimum atomic E-state index is -0.228. The molecular weight excluding hydrogens is 370 g/mol. The van der Waals surface area contributed by atoms with Crippen molar-refractivity contribution in [3.63, 3.8) is 0 Å². The summed E-state index contributed by atoms with van der Waals surface area (Å²) in [7, 11) is 3.06. The molecule has 0 unspecified atom stereocenters. The van der Waals surface area contributed by atoms with E-state index in [0.29, 0.717) is 46.8 Å². The van der Waals surface area contributed by atoms with Gasteiger partial charge in [-0.25, -0.2) is 0 Å². The van der Waals surface area contributed by atoms with E-state index in [4.69, 9.17) is 25.5 Å². The number of carbonyl (C=O) groups is 1. The molecule has 7 nitrogen and oxygen atoms in total. The molecule has 0 aliphatic carbocycles. The average Bonchev–Trinajstić information content (AvgIpc) is 3.16. The third kappa shape index (κ3) is 4.57. The van der Waals surface area contributed by atoms with Gasteiger partial charge < -0.3 is 19.2 Å². The largest absolute Gasteiger partial charge is 0.493 e. The van der Waals surface area contributed by atoms with Crippen LogP contribution in [-0.4, -0.2) is 36.9 Å². The number of halogens is 1. The number of hydrogen-bond acceptors (Lipinski definition) is 6. The van der Waals surface area contributed by atoms with Gasteiger partial charge in [0.25, 0.3) is 5.91 Å². The van der Waals surface area contributed by atoms with Gasteiger partial charge in [-0.2, -0.15) is 0 Å². The number of amides is 1. The third-order valence-corrected chi connectivity index (χ3v) is 4.08. The number of nitrogens with one attached hydrogen (secondary N) is 1. The van der Waals surface area contributed by atoms with Crippen LogP contribution < -0.4 is 14.8 Å². The second kappa shape index (κ2) is 8.55. The Morgan fingerprint density at radius 2 is 1.81 bits per heavy atom. The van der Waals surface area contributed by atoms with Crippen LogP contribution in [0.25, 0.3) is 11.5 Å². The van der Waals surface area contributed by atoms with Gasteiger partial charge in [-0.3, -0.25) is 4.79 Å². The van der Waals surface area contributed by atoms with Crippen LogP contribution in [0.3, 0.4) is 0 Å². The van der Waals surface area contributed by atoms with E-state index in [9.17, 15) is 4.79 Å². The van der Waals surface area contributed by atoms with Crippen molar-refractivity contribution in [2.45, 2.75) is 6.42 Å². The zero-order chi connectivity index (χ0) is 19.2. The molecule has 3 aromatic rings. The summed E-state index contributed by atoms with van der Waals surface area (Å²) < 4.78 is 16.0. The second-order valence-corrected chi connectivity index (χ2v) is 6.02. The highest BCUT2D eigenvalue weighted by atomic mass is 35.5. The van der Waals surface area contributed by atoms with Crippen molar-refractivity contribution in [3.05, 3.63) is 58.9 Å². The van der Waals surface area contributed by atoms with E-state index in [1.54, 1.807) is 49.6 Å². The lowest BCUT2D eigenvalue weighted by molar-refractivity contribution is 0.0953. The predicted octanol–water partition coefficient (Wildman–Crippen LogP) is 3.38. The zero-order valence-electron chi connectivity index (χ0n) is 14.9. The second-order valence-electron chi connectivity index (χ2n) is 5.58. The molecule has 0 saturated carbocycles. The Bertz CT molecular complexity index is 925. The number of carbonyl (C=O) groups excluding carboxylic acids is 1. The summed E-state index contributed by atoms with van der Waals surface area (Å²) in [5, 5.41) is 11.5. The zero-order valence-corrected chi connectivity index (χ0v) is 15.6. The van der Waals surface area contributed by atoms with Crippen molar-refractivity contribution in [1.82, 2.24) is 15.5 Å². The molecule has 0 atom stereocenters. The molecule has 140 valence electrons. The maximum atomic E-state index is 12.3. The molecule has 1 aromatic heterocycles. The van der Waals surface area contributed by atoms with E-state index >= 15 is 0 Å². The first-order valence-electron chi connectivity index (χ1n) is 8.19. The smallest absolute Gasteiger partial charge is 0.251 e. The summed E-state index contributed by atoms with van der Waals surface area (Å²) in [5.41, 5.74) is 1.26. The molecule has 0 radical (unpaired) electrons. The monoisotopic (exact) mass is 387 g/mol. The molecule has 0 fully saturated rings. The highest BCUT2D eigenvalue weighted by Gasteiger charge is 2.12. The highest BCUT2D eigenvalue weighted by molar-refractivity contribution is 6.30.